The van der Waals surface area contributed by atoms with Crippen LogP contribution in [0.25, 0.3) is 0 Å². The number of hydrogen-bond donors (Lipinski definition) is 1. The van der Waals surface area contributed by atoms with Crippen LogP contribution in [-0.4, -0.2) is 6.04 Å². The molecule has 96 valence electrons. The molecule has 0 aliphatic heterocycles. The molecule has 0 aromatic heterocycles. The van der Waals surface area contributed by atoms with Gasteiger partial charge in [0.1, 0.15) is 0 Å². The number of hydrogen-bond acceptors (Lipinski definition) is 1. The second kappa shape index (κ2) is 6.20. The summed E-state index contributed by atoms with van der Waals surface area (Å²) >= 11 is 0. The molecule has 1 N–H and O–H groups in total. The van der Waals surface area contributed by atoms with Crippen molar-refractivity contribution in [2.75, 3.05) is 0 Å². The van der Waals surface area contributed by atoms with Crippen LogP contribution in [0.3, 0.4) is 0 Å². The standard InChI is InChI=1S/C16H27N/c1-13(2)16(4,5)11-14(3)17-12-15-9-7-6-8-10-15/h6-10,13-14,17H,11-12H2,1-5H3. The third kappa shape index (κ3) is 4.91. The molecule has 0 heterocycles. The van der Waals surface area contributed by atoms with E-state index in [2.05, 4.69) is 70.3 Å². The molecular formula is C16H27N. The van der Waals surface area contributed by atoms with Crippen molar-refractivity contribution >= 4 is 0 Å². The zero-order valence-electron chi connectivity index (χ0n) is 12.0. The fourth-order valence-electron chi connectivity index (χ4n) is 1.98. The Hall–Kier alpha value is -0.820. The van der Waals surface area contributed by atoms with E-state index in [1.807, 2.05) is 0 Å². The van der Waals surface area contributed by atoms with Gasteiger partial charge in [0.2, 0.25) is 0 Å². The second-order valence-corrected chi connectivity index (χ2v) is 6.11. The van der Waals surface area contributed by atoms with E-state index >= 15 is 0 Å². The van der Waals surface area contributed by atoms with E-state index in [0.717, 1.165) is 12.5 Å². The highest BCUT2D eigenvalue weighted by Gasteiger charge is 2.24. The van der Waals surface area contributed by atoms with Crippen LogP contribution in [0.15, 0.2) is 30.3 Å². The van der Waals surface area contributed by atoms with E-state index in [9.17, 15) is 0 Å². The lowest BCUT2D eigenvalue weighted by Crippen LogP contribution is -2.33. The Balaban J connectivity index is 2.38. The molecule has 1 aromatic rings. The van der Waals surface area contributed by atoms with E-state index in [1.165, 1.54) is 12.0 Å². The first-order valence-corrected chi connectivity index (χ1v) is 6.69. The second-order valence-electron chi connectivity index (χ2n) is 6.11. The molecule has 0 saturated heterocycles. The average Bonchev–Trinajstić information content (AvgIpc) is 2.27. The summed E-state index contributed by atoms with van der Waals surface area (Å²) in [7, 11) is 0. The average molecular weight is 233 g/mol. The number of rotatable bonds is 6. The summed E-state index contributed by atoms with van der Waals surface area (Å²) in [5.41, 5.74) is 1.77. The lowest BCUT2D eigenvalue weighted by Gasteiger charge is -2.32. The van der Waals surface area contributed by atoms with E-state index in [1.54, 1.807) is 0 Å². The van der Waals surface area contributed by atoms with Gasteiger partial charge in [0.25, 0.3) is 0 Å². The molecular weight excluding hydrogens is 206 g/mol. The molecule has 1 aromatic carbocycles. The molecule has 0 bridgehead atoms. The normalized spacial score (nSPS) is 14.0. The van der Waals surface area contributed by atoms with Gasteiger partial charge in [0, 0.05) is 12.6 Å². The van der Waals surface area contributed by atoms with E-state index in [0.29, 0.717) is 11.5 Å². The summed E-state index contributed by atoms with van der Waals surface area (Å²) in [5, 5.41) is 3.61. The van der Waals surface area contributed by atoms with E-state index in [4.69, 9.17) is 0 Å². The van der Waals surface area contributed by atoms with Crippen LogP contribution in [0.5, 0.6) is 0 Å². The highest BCUT2D eigenvalue weighted by Crippen LogP contribution is 2.31. The Morgan fingerprint density at radius 1 is 1.06 bits per heavy atom. The van der Waals surface area contributed by atoms with Gasteiger partial charge in [-0.05, 0) is 30.2 Å². The summed E-state index contributed by atoms with van der Waals surface area (Å²) in [4.78, 5) is 0. The first-order chi connectivity index (χ1) is 7.92. The van der Waals surface area contributed by atoms with Gasteiger partial charge in [0.05, 0.1) is 0 Å². The van der Waals surface area contributed by atoms with Gasteiger partial charge >= 0.3 is 0 Å². The van der Waals surface area contributed by atoms with Crippen LogP contribution in [0, 0.1) is 11.3 Å². The van der Waals surface area contributed by atoms with Gasteiger partial charge in [-0.15, -0.1) is 0 Å². The molecule has 17 heavy (non-hydrogen) atoms. The highest BCUT2D eigenvalue weighted by atomic mass is 14.9. The Morgan fingerprint density at radius 2 is 1.65 bits per heavy atom. The van der Waals surface area contributed by atoms with Gasteiger partial charge in [-0.25, -0.2) is 0 Å². The molecule has 0 aliphatic rings. The van der Waals surface area contributed by atoms with Crippen molar-refractivity contribution in [3.8, 4) is 0 Å². The quantitative estimate of drug-likeness (QED) is 0.775. The van der Waals surface area contributed by atoms with Crippen LogP contribution in [-0.2, 0) is 6.54 Å². The Bertz CT molecular complexity index is 314. The van der Waals surface area contributed by atoms with E-state index < -0.39 is 0 Å². The molecule has 0 saturated carbocycles. The number of benzene rings is 1. The minimum absolute atomic E-state index is 0.406. The Labute approximate surface area is 107 Å². The molecule has 1 atom stereocenters. The van der Waals surface area contributed by atoms with Crippen molar-refractivity contribution in [1.29, 1.82) is 0 Å². The zero-order valence-corrected chi connectivity index (χ0v) is 12.0. The van der Waals surface area contributed by atoms with Gasteiger partial charge in [-0.2, -0.15) is 0 Å². The summed E-state index contributed by atoms with van der Waals surface area (Å²) in [6.07, 6.45) is 1.22. The lowest BCUT2D eigenvalue weighted by molar-refractivity contribution is 0.203. The number of nitrogens with one attached hydrogen (secondary N) is 1. The maximum atomic E-state index is 3.61. The largest absolute Gasteiger partial charge is 0.310 e. The van der Waals surface area contributed by atoms with Crippen LogP contribution in [0.1, 0.15) is 46.6 Å². The summed E-state index contributed by atoms with van der Waals surface area (Å²) in [5.74, 6) is 0.725. The van der Waals surface area contributed by atoms with Crippen LogP contribution in [0.4, 0.5) is 0 Å². The van der Waals surface area contributed by atoms with Gasteiger partial charge in [0.15, 0.2) is 0 Å². The van der Waals surface area contributed by atoms with Crippen LogP contribution < -0.4 is 5.32 Å². The zero-order chi connectivity index (χ0) is 12.9. The molecule has 0 fully saturated rings. The lowest BCUT2D eigenvalue weighted by atomic mass is 9.76. The predicted octanol–water partition coefficient (Wildman–Crippen LogP) is 4.24. The third-order valence-corrected chi connectivity index (χ3v) is 3.89. The van der Waals surface area contributed by atoms with Crippen molar-refractivity contribution in [1.82, 2.24) is 5.32 Å². The summed E-state index contributed by atoms with van der Waals surface area (Å²) in [6.45, 7) is 12.6. The first-order valence-electron chi connectivity index (χ1n) is 6.69. The van der Waals surface area contributed by atoms with Gasteiger partial charge in [-0.1, -0.05) is 58.0 Å². The van der Waals surface area contributed by atoms with Crippen molar-refractivity contribution < 1.29 is 0 Å². The van der Waals surface area contributed by atoms with Crippen molar-refractivity contribution in [2.24, 2.45) is 11.3 Å². The SMILES string of the molecule is CC(CC(C)(C)C(C)C)NCc1ccccc1. The fourth-order valence-corrected chi connectivity index (χ4v) is 1.98. The minimum atomic E-state index is 0.406. The first kappa shape index (κ1) is 14.2. The predicted molar refractivity (Wildman–Crippen MR) is 76.0 cm³/mol. The molecule has 1 unspecified atom stereocenters. The molecule has 1 heteroatoms. The van der Waals surface area contributed by atoms with Gasteiger partial charge in [-0.3, -0.25) is 0 Å². The molecule has 0 radical (unpaired) electrons. The summed E-state index contributed by atoms with van der Waals surface area (Å²) < 4.78 is 0. The molecule has 1 nitrogen and oxygen atoms in total. The van der Waals surface area contributed by atoms with Crippen LogP contribution in [0.2, 0.25) is 0 Å². The smallest absolute Gasteiger partial charge is 0.0207 e. The Kier molecular flexibility index (Phi) is 5.20. The molecule has 0 aliphatic carbocycles. The van der Waals surface area contributed by atoms with Gasteiger partial charge < -0.3 is 5.32 Å². The highest BCUT2D eigenvalue weighted by molar-refractivity contribution is 5.14. The third-order valence-electron chi connectivity index (χ3n) is 3.89. The fraction of sp³-hybridized carbons (Fsp3) is 0.625. The molecule has 1 rings (SSSR count). The van der Waals surface area contributed by atoms with E-state index in [-0.39, 0.29) is 0 Å². The van der Waals surface area contributed by atoms with Crippen molar-refractivity contribution in [3.63, 3.8) is 0 Å². The minimum Gasteiger partial charge on any atom is -0.310 e. The van der Waals surface area contributed by atoms with Crippen molar-refractivity contribution in [3.05, 3.63) is 35.9 Å². The monoisotopic (exact) mass is 233 g/mol. The van der Waals surface area contributed by atoms with Crippen LogP contribution >= 0.6 is 0 Å². The van der Waals surface area contributed by atoms with Crippen molar-refractivity contribution in [2.45, 2.75) is 53.6 Å². The molecule has 0 amide bonds. The topological polar surface area (TPSA) is 12.0 Å². The summed E-state index contributed by atoms with van der Waals surface area (Å²) in [6, 6.07) is 11.2. The maximum Gasteiger partial charge on any atom is 0.0207 e. The molecule has 0 spiro atoms. The Morgan fingerprint density at radius 3 is 2.18 bits per heavy atom. The maximum absolute atomic E-state index is 3.61.